The lowest BCUT2D eigenvalue weighted by Crippen LogP contribution is -2.34. The number of benzene rings is 3. The standard InChI is InChI=1S/C25H23N3O4/c1-17-6-10-19(11-7-17)16-26-25(30)23(15-20-4-3-5-22(14-20)28(31)32)27-24(29)21-12-8-18(2)9-13-21/h3-15H,16H2,1-2H3,(H,26,30)(H,27,29). The fourth-order valence-electron chi connectivity index (χ4n) is 2.94. The van der Waals surface area contributed by atoms with Gasteiger partial charge in [0.25, 0.3) is 17.5 Å². The van der Waals surface area contributed by atoms with Gasteiger partial charge in [0.15, 0.2) is 0 Å². The lowest BCUT2D eigenvalue weighted by atomic mass is 10.1. The Hall–Kier alpha value is -4.26. The van der Waals surface area contributed by atoms with Crippen LogP contribution in [0, 0.1) is 24.0 Å². The first-order valence-electron chi connectivity index (χ1n) is 10.00. The highest BCUT2D eigenvalue weighted by Crippen LogP contribution is 2.16. The van der Waals surface area contributed by atoms with E-state index in [2.05, 4.69) is 10.6 Å². The second kappa shape index (κ2) is 10.2. The molecule has 0 unspecified atom stereocenters. The maximum atomic E-state index is 12.9. The number of rotatable bonds is 7. The Morgan fingerprint density at radius 3 is 2.19 bits per heavy atom. The van der Waals surface area contributed by atoms with E-state index in [-0.39, 0.29) is 17.9 Å². The zero-order valence-corrected chi connectivity index (χ0v) is 17.8. The summed E-state index contributed by atoms with van der Waals surface area (Å²) in [6.07, 6.45) is 1.42. The molecule has 32 heavy (non-hydrogen) atoms. The summed E-state index contributed by atoms with van der Waals surface area (Å²) in [5, 5.41) is 16.5. The van der Waals surface area contributed by atoms with Crippen LogP contribution in [0.5, 0.6) is 0 Å². The number of carbonyl (C=O) groups is 2. The van der Waals surface area contributed by atoms with Gasteiger partial charge in [0.05, 0.1) is 4.92 Å². The van der Waals surface area contributed by atoms with Crippen LogP contribution in [0.3, 0.4) is 0 Å². The van der Waals surface area contributed by atoms with Crippen LogP contribution >= 0.6 is 0 Å². The van der Waals surface area contributed by atoms with Crippen LogP contribution in [0.4, 0.5) is 5.69 Å². The molecule has 0 spiro atoms. The molecule has 0 saturated carbocycles. The largest absolute Gasteiger partial charge is 0.347 e. The third-order valence-electron chi connectivity index (χ3n) is 4.77. The van der Waals surface area contributed by atoms with Crippen LogP contribution in [0.2, 0.25) is 0 Å². The number of nitro benzene ring substituents is 1. The van der Waals surface area contributed by atoms with Gasteiger partial charge >= 0.3 is 0 Å². The van der Waals surface area contributed by atoms with E-state index in [1.54, 1.807) is 30.3 Å². The van der Waals surface area contributed by atoms with Crippen LogP contribution in [0.15, 0.2) is 78.5 Å². The summed E-state index contributed by atoms with van der Waals surface area (Å²) in [6.45, 7) is 4.16. The number of hydrogen-bond donors (Lipinski definition) is 2. The third-order valence-corrected chi connectivity index (χ3v) is 4.77. The second-order valence-corrected chi connectivity index (χ2v) is 7.40. The van der Waals surface area contributed by atoms with Crippen molar-refractivity contribution < 1.29 is 14.5 Å². The molecule has 7 nitrogen and oxygen atoms in total. The van der Waals surface area contributed by atoms with Gasteiger partial charge in [0, 0.05) is 24.2 Å². The van der Waals surface area contributed by atoms with E-state index in [0.29, 0.717) is 11.1 Å². The van der Waals surface area contributed by atoms with Gasteiger partial charge in [0.1, 0.15) is 5.70 Å². The number of non-ortho nitro benzene ring substituents is 1. The first-order chi connectivity index (χ1) is 15.3. The maximum Gasteiger partial charge on any atom is 0.270 e. The summed E-state index contributed by atoms with van der Waals surface area (Å²) in [7, 11) is 0. The zero-order valence-electron chi connectivity index (χ0n) is 17.8. The van der Waals surface area contributed by atoms with Crippen molar-refractivity contribution in [3.8, 4) is 0 Å². The predicted molar refractivity (Wildman–Crippen MR) is 123 cm³/mol. The molecule has 0 bridgehead atoms. The molecule has 0 radical (unpaired) electrons. The van der Waals surface area contributed by atoms with Crippen LogP contribution in [0.1, 0.15) is 32.6 Å². The van der Waals surface area contributed by atoms with E-state index in [4.69, 9.17) is 0 Å². The van der Waals surface area contributed by atoms with Gasteiger partial charge < -0.3 is 10.6 Å². The topological polar surface area (TPSA) is 101 Å². The molecule has 0 aliphatic rings. The normalized spacial score (nSPS) is 11.0. The van der Waals surface area contributed by atoms with Gasteiger partial charge in [-0.25, -0.2) is 0 Å². The number of amides is 2. The highest BCUT2D eigenvalue weighted by atomic mass is 16.6. The third kappa shape index (κ3) is 6.12. The number of hydrogen-bond acceptors (Lipinski definition) is 4. The Morgan fingerprint density at radius 1 is 0.938 bits per heavy atom. The molecule has 2 N–H and O–H groups in total. The molecule has 3 aromatic rings. The monoisotopic (exact) mass is 429 g/mol. The maximum absolute atomic E-state index is 12.9. The van der Waals surface area contributed by atoms with Gasteiger partial charge in [-0.05, 0) is 43.2 Å². The highest BCUT2D eigenvalue weighted by Gasteiger charge is 2.15. The van der Waals surface area contributed by atoms with Crippen LogP contribution in [0.25, 0.3) is 6.08 Å². The molecule has 0 aliphatic carbocycles. The first kappa shape index (κ1) is 22.4. The number of aryl methyl sites for hydroxylation is 2. The Morgan fingerprint density at radius 2 is 1.56 bits per heavy atom. The minimum Gasteiger partial charge on any atom is -0.347 e. The van der Waals surface area contributed by atoms with Gasteiger partial charge in [-0.15, -0.1) is 0 Å². The average molecular weight is 429 g/mol. The van der Waals surface area contributed by atoms with Crippen LogP contribution < -0.4 is 10.6 Å². The van der Waals surface area contributed by atoms with E-state index in [0.717, 1.165) is 16.7 Å². The Balaban J connectivity index is 1.85. The van der Waals surface area contributed by atoms with Crippen molar-refractivity contribution in [1.29, 1.82) is 0 Å². The van der Waals surface area contributed by atoms with Crippen molar-refractivity contribution in [3.63, 3.8) is 0 Å². The minimum absolute atomic E-state index is 0.0109. The summed E-state index contributed by atoms with van der Waals surface area (Å²) in [5.74, 6) is -0.954. The summed E-state index contributed by atoms with van der Waals surface area (Å²) < 4.78 is 0. The molecule has 162 valence electrons. The highest BCUT2D eigenvalue weighted by molar-refractivity contribution is 6.05. The lowest BCUT2D eigenvalue weighted by Gasteiger charge is -2.12. The van der Waals surface area contributed by atoms with Crippen LogP contribution in [-0.4, -0.2) is 16.7 Å². The first-order valence-corrected chi connectivity index (χ1v) is 10.00. The molecular weight excluding hydrogens is 406 g/mol. The molecule has 0 atom stereocenters. The molecule has 0 aliphatic heterocycles. The molecule has 3 rings (SSSR count). The fourth-order valence-corrected chi connectivity index (χ4v) is 2.94. The predicted octanol–water partition coefficient (Wildman–Crippen LogP) is 4.30. The smallest absolute Gasteiger partial charge is 0.270 e. The minimum atomic E-state index is -0.515. The lowest BCUT2D eigenvalue weighted by molar-refractivity contribution is -0.384. The van der Waals surface area contributed by atoms with E-state index in [1.807, 2.05) is 38.1 Å². The van der Waals surface area contributed by atoms with Crippen molar-refractivity contribution in [2.75, 3.05) is 0 Å². The van der Waals surface area contributed by atoms with Crippen molar-refractivity contribution in [1.82, 2.24) is 10.6 Å². The summed E-state index contributed by atoms with van der Waals surface area (Å²) in [6, 6.07) is 20.5. The van der Waals surface area contributed by atoms with E-state index >= 15 is 0 Å². The van der Waals surface area contributed by atoms with Crippen LogP contribution in [-0.2, 0) is 11.3 Å². The fraction of sp³-hybridized carbons (Fsp3) is 0.120. The van der Waals surface area contributed by atoms with E-state index in [9.17, 15) is 19.7 Å². The molecule has 2 amide bonds. The van der Waals surface area contributed by atoms with Gasteiger partial charge in [0.2, 0.25) is 0 Å². The SMILES string of the molecule is Cc1ccc(CNC(=O)C(=Cc2cccc([N+](=O)[O-])c2)NC(=O)c2ccc(C)cc2)cc1. The molecule has 0 saturated heterocycles. The molecule has 7 heteroatoms. The Bertz CT molecular complexity index is 1170. The van der Waals surface area contributed by atoms with Gasteiger partial charge in [-0.3, -0.25) is 19.7 Å². The quantitative estimate of drug-likeness (QED) is 0.332. The molecular formula is C25H23N3O4. The average Bonchev–Trinajstić information content (AvgIpc) is 2.78. The van der Waals surface area contributed by atoms with E-state index < -0.39 is 16.7 Å². The Labute approximate surface area is 185 Å². The molecule has 0 heterocycles. The van der Waals surface area contributed by atoms with Crippen molar-refractivity contribution in [2.24, 2.45) is 0 Å². The molecule has 0 aromatic heterocycles. The number of carbonyl (C=O) groups excluding carboxylic acids is 2. The van der Waals surface area contributed by atoms with E-state index in [1.165, 1.54) is 24.3 Å². The summed E-state index contributed by atoms with van der Waals surface area (Å²) in [5.41, 5.74) is 3.71. The van der Waals surface area contributed by atoms with Crippen molar-refractivity contribution >= 4 is 23.6 Å². The Kier molecular flexibility index (Phi) is 7.13. The zero-order chi connectivity index (χ0) is 23.1. The second-order valence-electron chi connectivity index (χ2n) is 7.40. The number of nitrogens with one attached hydrogen (secondary N) is 2. The van der Waals surface area contributed by atoms with Crippen molar-refractivity contribution in [2.45, 2.75) is 20.4 Å². The van der Waals surface area contributed by atoms with Crippen molar-refractivity contribution in [3.05, 3.63) is 116 Å². The van der Waals surface area contributed by atoms with Gasteiger partial charge in [-0.2, -0.15) is 0 Å². The number of nitrogens with zero attached hydrogens (tertiary/aromatic N) is 1. The number of nitro groups is 1. The molecule has 0 fully saturated rings. The summed E-state index contributed by atoms with van der Waals surface area (Å²) in [4.78, 5) is 36.2. The summed E-state index contributed by atoms with van der Waals surface area (Å²) >= 11 is 0. The van der Waals surface area contributed by atoms with Gasteiger partial charge in [-0.1, -0.05) is 59.7 Å². The molecule has 3 aromatic carbocycles.